The topological polar surface area (TPSA) is 3.24 Å². The van der Waals surface area contributed by atoms with Gasteiger partial charge in [0.05, 0.1) is 0 Å². The van der Waals surface area contributed by atoms with Gasteiger partial charge in [-0.3, -0.25) is 4.90 Å². The summed E-state index contributed by atoms with van der Waals surface area (Å²) in [6.45, 7) is 6.23. The predicted molar refractivity (Wildman–Crippen MR) is 76.4 cm³/mol. The average Bonchev–Trinajstić information content (AvgIpc) is 2.78. The number of hydrogen-bond donors (Lipinski definition) is 0. The maximum absolute atomic E-state index is 2.70. The Morgan fingerprint density at radius 1 is 1.22 bits per heavy atom. The lowest BCUT2D eigenvalue weighted by Crippen LogP contribution is -2.32. The highest BCUT2D eigenvalue weighted by Gasteiger charge is 2.45. The molecule has 2 fully saturated rings. The molecule has 0 spiro atoms. The first kappa shape index (κ1) is 12.2. The molecule has 0 unspecified atom stereocenters. The minimum absolute atomic E-state index is 0.660. The molecule has 2 atom stereocenters. The van der Waals surface area contributed by atoms with E-state index in [1.807, 2.05) is 0 Å². The number of rotatable bonds is 3. The van der Waals surface area contributed by atoms with Crippen LogP contribution in [0.3, 0.4) is 0 Å². The fraction of sp³-hybridized carbons (Fsp3) is 0.647. The van der Waals surface area contributed by atoms with Gasteiger partial charge in [0.1, 0.15) is 0 Å². The Balaban J connectivity index is 1.70. The zero-order valence-electron chi connectivity index (χ0n) is 11.6. The molecule has 1 heterocycles. The lowest BCUT2D eigenvalue weighted by Gasteiger charge is -2.38. The van der Waals surface area contributed by atoms with E-state index in [9.17, 15) is 0 Å². The fourth-order valence-electron chi connectivity index (χ4n) is 4.23. The maximum Gasteiger partial charge on any atom is 0.0234 e. The highest BCUT2D eigenvalue weighted by atomic mass is 15.2. The molecule has 1 heteroatoms. The average molecular weight is 243 g/mol. The molecule has 1 aromatic rings. The quantitative estimate of drug-likeness (QED) is 0.773. The van der Waals surface area contributed by atoms with Crippen molar-refractivity contribution in [1.82, 2.24) is 4.90 Å². The van der Waals surface area contributed by atoms with E-state index in [1.54, 1.807) is 0 Å². The Kier molecular flexibility index (Phi) is 3.43. The number of hydrogen-bond acceptors (Lipinski definition) is 1. The second-order valence-corrected chi connectivity index (χ2v) is 6.31. The number of benzene rings is 1. The van der Waals surface area contributed by atoms with Crippen LogP contribution in [0.2, 0.25) is 0 Å². The van der Waals surface area contributed by atoms with E-state index in [1.165, 1.54) is 50.8 Å². The van der Waals surface area contributed by atoms with Crippen molar-refractivity contribution in [1.29, 1.82) is 0 Å². The van der Waals surface area contributed by atoms with Crippen molar-refractivity contribution >= 4 is 0 Å². The summed E-state index contributed by atoms with van der Waals surface area (Å²) in [7, 11) is 0. The summed E-state index contributed by atoms with van der Waals surface area (Å²) in [5, 5.41) is 0. The van der Waals surface area contributed by atoms with Crippen molar-refractivity contribution in [3.8, 4) is 0 Å². The molecule has 0 aromatic heterocycles. The van der Waals surface area contributed by atoms with Crippen LogP contribution in [-0.2, 0) is 6.54 Å². The summed E-state index contributed by atoms with van der Waals surface area (Å²) in [6, 6.07) is 11.0. The van der Waals surface area contributed by atoms with Crippen LogP contribution in [0.4, 0.5) is 0 Å². The first-order valence-electron chi connectivity index (χ1n) is 7.59. The van der Waals surface area contributed by atoms with E-state index in [-0.39, 0.29) is 0 Å². The van der Waals surface area contributed by atoms with Crippen LogP contribution in [0, 0.1) is 11.3 Å². The zero-order valence-corrected chi connectivity index (χ0v) is 11.6. The number of nitrogens with zero attached hydrogens (tertiary/aromatic N) is 1. The van der Waals surface area contributed by atoms with Gasteiger partial charge in [-0.1, -0.05) is 50.1 Å². The molecular weight excluding hydrogens is 218 g/mol. The summed E-state index contributed by atoms with van der Waals surface area (Å²) in [4.78, 5) is 2.70. The third-order valence-electron chi connectivity index (χ3n) is 5.31. The molecule has 1 aliphatic heterocycles. The van der Waals surface area contributed by atoms with Gasteiger partial charge >= 0.3 is 0 Å². The second-order valence-electron chi connectivity index (χ2n) is 6.31. The third-order valence-corrected chi connectivity index (χ3v) is 5.31. The normalized spacial score (nSPS) is 32.4. The van der Waals surface area contributed by atoms with Gasteiger partial charge in [0.25, 0.3) is 0 Å². The van der Waals surface area contributed by atoms with Crippen LogP contribution in [0.15, 0.2) is 30.3 Å². The van der Waals surface area contributed by atoms with Gasteiger partial charge in [0, 0.05) is 19.6 Å². The summed E-state index contributed by atoms with van der Waals surface area (Å²) in [5.74, 6) is 0.972. The van der Waals surface area contributed by atoms with E-state index < -0.39 is 0 Å². The molecule has 0 amide bonds. The first-order chi connectivity index (χ1) is 8.82. The van der Waals surface area contributed by atoms with Gasteiger partial charge in [-0.2, -0.15) is 0 Å². The minimum atomic E-state index is 0.660. The molecule has 0 radical (unpaired) electrons. The van der Waals surface area contributed by atoms with Gasteiger partial charge in [-0.15, -0.1) is 0 Å². The smallest absolute Gasteiger partial charge is 0.0234 e. The van der Waals surface area contributed by atoms with E-state index in [2.05, 4.69) is 42.2 Å². The Bertz CT molecular complexity index is 386. The fourth-order valence-corrected chi connectivity index (χ4v) is 4.23. The van der Waals surface area contributed by atoms with Crippen LogP contribution >= 0.6 is 0 Å². The molecule has 18 heavy (non-hydrogen) atoms. The van der Waals surface area contributed by atoms with E-state index in [4.69, 9.17) is 0 Å². The van der Waals surface area contributed by atoms with E-state index in [0.717, 1.165) is 12.5 Å². The molecule has 98 valence electrons. The van der Waals surface area contributed by atoms with Crippen LogP contribution in [-0.4, -0.2) is 18.0 Å². The SMILES string of the molecule is CC[C@]12CCCC[C@H]1CN(Cc1ccccc1)C2. The van der Waals surface area contributed by atoms with Gasteiger partial charge in [-0.05, 0) is 36.2 Å². The molecule has 1 saturated carbocycles. The molecule has 1 aromatic carbocycles. The lowest BCUT2D eigenvalue weighted by atomic mass is 9.67. The standard InChI is InChI=1S/C17H25N/c1-2-17-11-7-6-10-16(17)13-18(14-17)12-15-8-4-3-5-9-15/h3-5,8-9,16H,2,6-7,10-14H2,1H3/t16-,17+/m0/s1. The Morgan fingerprint density at radius 2 is 2.06 bits per heavy atom. The third kappa shape index (κ3) is 2.21. The molecule has 1 nitrogen and oxygen atoms in total. The Morgan fingerprint density at radius 3 is 2.78 bits per heavy atom. The van der Waals surface area contributed by atoms with Crippen molar-refractivity contribution in [2.75, 3.05) is 13.1 Å². The van der Waals surface area contributed by atoms with Crippen LogP contribution in [0.25, 0.3) is 0 Å². The van der Waals surface area contributed by atoms with Crippen molar-refractivity contribution < 1.29 is 0 Å². The monoisotopic (exact) mass is 243 g/mol. The largest absolute Gasteiger partial charge is 0.298 e. The van der Waals surface area contributed by atoms with Crippen LogP contribution < -0.4 is 0 Å². The van der Waals surface area contributed by atoms with Crippen molar-refractivity contribution in [2.24, 2.45) is 11.3 Å². The van der Waals surface area contributed by atoms with Gasteiger partial charge in [0.2, 0.25) is 0 Å². The minimum Gasteiger partial charge on any atom is -0.298 e. The van der Waals surface area contributed by atoms with Crippen molar-refractivity contribution in [2.45, 2.75) is 45.6 Å². The molecule has 1 aliphatic carbocycles. The van der Waals surface area contributed by atoms with Crippen molar-refractivity contribution in [3.63, 3.8) is 0 Å². The summed E-state index contributed by atoms with van der Waals surface area (Å²) < 4.78 is 0. The maximum atomic E-state index is 2.70. The molecule has 2 aliphatic rings. The predicted octanol–water partition coefficient (Wildman–Crippen LogP) is 4.09. The van der Waals surface area contributed by atoms with Gasteiger partial charge in [-0.25, -0.2) is 0 Å². The molecule has 0 N–H and O–H groups in total. The first-order valence-corrected chi connectivity index (χ1v) is 7.59. The number of fused-ring (bicyclic) bond motifs is 1. The zero-order chi connectivity index (χ0) is 12.4. The van der Waals surface area contributed by atoms with Crippen LogP contribution in [0.1, 0.15) is 44.6 Å². The lowest BCUT2D eigenvalue weighted by molar-refractivity contribution is 0.139. The Labute approximate surface area is 111 Å². The van der Waals surface area contributed by atoms with Gasteiger partial charge < -0.3 is 0 Å². The van der Waals surface area contributed by atoms with E-state index >= 15 is 0 Å². The van der Waals surface area contributed by atoms with Crippen LogP contribution in [0.5, 0.6) is 0 Å². The van der Waals surface area contributed by atoms with Gasteiger partial charge in [0.15, 0.2) is 0 Å². The summed E-state index contributed by atoms with van der Waals surface area (Å²) >= 11 is 0. The number of likely N-dealkylation sites (tertiary alicyclic amines) is 1. The second kappa shape index (κ2) is 5.05. The molecule has 3 rings (SSSR count). The highest BCUT2D eigenvalue weighted by molar-refractivity contribution is 5.15. The Hall–Kier alpha value is -0.820. The molecule has 0 bridgehead atoms. The molecular formula is C17H25N. The van der Waals surface area contributed by atoms with Crippen molar-refractivity contribution in [3.05, 3.63) is 35.9 Å². The molecule has 1 saturated heterocycles. The summed E-state index contributed by atoms with van der Waals surface area (Å²) in [5.41, 5.74) is 2.13. The summed E-state index contributed by atoms with van der Waals surface area (Å²) in [6.07, 6.45) is 7.25. The van der Waals surface area contributed by atoms with E-state index in [0.29, 0.717) is 5.41 Å². The highest BCUT2D eigenvalue weighted by Crippen LogP contribution is 2.49.